The molecule has 0 aliphatic carbocycles. The van der Waals surface area contributed by atoms with Gasteiger partial charge in [-0.3, -0.25) is 4.79 Å². The fraction of sp³-hybridized carbons (Fsp3) is 0.357. The lowest BCUT2D eigenvalue weighted by Gasteiger charge is -2.25. The van der Waals surface area contributed by atoms with Gasteiger partial charge >= 0.3 is 0 Å². The van der Waals surface area contributed by atoms with Gasteiger partial charge in [0.1, 0.15) is 18.4 Å². The van der Waals surface area contributed by atoms with Gasteiger partial charge in [-0.15, -0.1) is 0 Å². The second kappa shape index (κ2) is 6.28. The maximum atomic E-state index is 12.6. The number of benzene rings is 1. The van der Waals surface area contributed by atoms with E-state index in [4.69, 9.17) is 10.3 Å². The van der Waals surface area contributed by atoms with Gasteiger partial charge in [0.2, 0.25) is 5.78 Å². The van der Waals surface area contributed by atoms with E-state index in [-0.39, 0.29) is 5.78 Å². The first-order valence-electron chi connectivity index (χ1n) is 6.62. The number of hydrogen-bond donors (Lipinski definition) is 0. The molecule has 8 nitrogen and oxygen atoms in total. The van der Waals surface area contributed by atoms with E-state index in [2.05, 4.69) is 20.1 Å². The van der Waals surface area contributed by atoms with Crippen molar-refractivity contribution in [3.05, 3.63) is 47.4 Å². The summed E-state index contributed by atoms with van der Waals surface area (Å²) >= 11 is 0. The highest BCUT2D eigenvalue weighted by Gasteiger charge is 2.33. The lowest BCUT2D eigenvalue weighted by atomic mass is 9.90. The summed E-state index contributed by atoms with van der Waals surface area (Å²) in [6.07, 6.45) is 1.87. The number of hydrogen-bond acceptors (Lipinski definition) is 5. The van der Waals surface area contributed by atoms with Crippen molar-refractivity contribution in [3.8, 4) is 5.75 Å². The highest BCUT2D eigenvalue weighted by Crippen LogP contribution is 2.27. The fourth-order valence-corrected chi connectivity index (χ4v) is 1.71. The second-order valence-corrected chi connectivity index (χ2v) is 5.64. The molecule has 22 heavy (non-hydrogen) atoms. The Morgan fingerprint density at radius 2 is 2.05 bits per heavy atom. The van der Waals surface area contributed by atoms with Crippen molar-refractivity contribution in [1.29, 1.82) is 0 Å². The first-order valence-corrected chi connectivity index (χ1v) is 6.62. The second-order valence-electron chi connectivity index (χ2n) is 5.64. The Morgan fingerprint density at radius 1 is 1.36 bits per heavy atom. The molecule has 0 radical (unpaired) electrons. The average Bonchev–Trinajstić information content (AvgIpc) is 2.99. The van der Waals surface area contributed by atoms with Crippen molar-refractivity contribution in [2.45, 2.75) is 27.0 Å². The third-order valence-electron chi connectivity index (χ3n) is 2.88. The van der Waals surface area contributed by atoms with Gasteiger partial charge in [-0.05, 0) is 29.8 Å². The minimum Gasteiger partial charge on any atom is -0.461 e. The summed E-state index contributed by atoms with van der Waals surface area (Å²) in [5, 5.41) is 7.47. The predicted molar refractivity (Wildman–Crippen MR) is 79.4 cm³/mol. The molecule has 2 aromatic rings. The minimum absolute atomic E-state index is 0.128. The van der Waals surface area contributed by atoms with Gasteiger partial charge in [-0.1, -0.05) is 25.9 Å². The van der Waals surface area contributed by atoms with Gasteiger partial charge in [-0.25, -0.2) is 9.67 Å². The largest absolute Gasteiger partial charge is 0.461 e. The molecule has 0 saturated carbocycles. The molecule has 0 saturated heterocycles. The number of carbonyl (C=O) groups is 1. The number of aromatic nitrogens is 3. The summed E-state index contributed by atoms with van der Waals surface area (Å²) in [6, 6.07) is 6.47. The Morgan fingerprint density at radius 3 is 2.55 bits per heavy atom. The first kappa shape index (κ1) is 15.5. The van der Waals surface area contributed by atoms with Crippen LogP contribution in [0.5, 0.6) is 5.75 Å². The summed E-state index contributed by atoms with van der Waals surface area (Å²) in [5.74, 6) is 0.340. The van der Waals surface area contributed by atoms with Crippen LogP contribution in [0.25, 0.3) is 10.4 Å². The number of Topliss-reactive ketones (excluding diaryl/α,β-unsaturated/α-hetero) is 1. The Balaban J connectivity index is 2.27. The highest BCUT2D eigenvalue weighted by atomic mass is 16.5. The summed E-state index contributed by atoms with van der Waals surface area (Å²) in [4.78, 5) is 19.1. The molecule has 0 aliphatic heterocycles. The molecule has 0 amide bonds. The van der Waals surface area contributed by atoms with Crippen LogP contribution in [0.3, 0.4) is 0 Å². The molecular formula is C14H16N6O2. The van der Waals surface area contributed by atoms with Crippen LogP contribution in [0.15, 0.2) is 42.0 Å². The summed E-state index contributed by atoms with van der Waals surface area (Å²) in [5.41, 5.74) is 8.26. The van der Waals surface area contributed by atoms with Crippen molar-refractivity contribution < 1.29 is 9.53 Å². The fourth-order valence-electron chi connectivity index (χ4n) is 1.71. The van der Waals surface area contributed by atoms with Crippen LogP contribution in [0.1, 0.15) is 27.0 Å². The number of carbonyl (C=O) groups excluding carboxylic acids is 1. The zero-order valence-corrected chi connectivity index (χ0v) is 12.5. The van der Waals surface area contributed by atoms with Gasteiger partial charge in [0.05, 0.1) is 0 Å². The van der Waals surface area contributed by atoms with Crippen LogP contribution in [0.2, 0.25) is 0 Å². The number of rotatable bonds is 5. The van der Waals surface area contributed by atoms with E-state index in [9.17, 15) is 4.79 Å². The van der Waals surface area contributed by atoms with Crippen LogP contribution in [-0.4, -0.2) is 20.5 Å². The molecule has 0 spiro atoms. The lowest BCUT2D eigenvalue weighted by molar-refractivity contribution is -0.138. The van der Waals surface area contributed by atoms with Crippen LogP contribution in [0.4, 0.5) is 5.69 Å². The SMILES string of the molecule is CC(C)(C)C(=O)C(Oc1ccc(N=[N+]=[N-])cc1)n1cncn1. The third-order valence-corrected chi connectivity index (χ3v) is 2.88. The van der Waals surface area contributed by atoms with Crippen molar-refractivity contribution in [2.75, 3.05) is 0 Å². The zero-order chi connectivity index (χ0) is 16.2. The molecule has 1 unspecified atom stereocenters. The molecule has 0 fully saturated rings. The lowest BCUT2D eigenvalue weighted by Crippen LogP contribution is -2.34. The maximum Gasteiger partial charge on any atom is 0.252 e. The van der Waals surface area contributed by atoms with Gasteiger partial charge < -0.3 is 4.74 Å². The van der Waals surface area contributed by atoms with E-state index >= 15 is 0 Å². The number of ether oxygens (including phenoxy) is 1. The number of ketones is 1. The quantitative estimate of drug-likeness (QED) is 0.479. The van der Waals surface area contributed by atoms with Crippen LogP contribution < -0.4 is 4.74 Å². The molecule has 0 bridgehead atoms. The van der Waals surface area contributed by atoms with Crippen LogP contribution in [-0.2, 0) is 4.79 Å². The molecule has 2 rings (SSSR count). The molecule has 1 atom stereocenters. The van der Waals surface area contributed by atoms with Crippen molar-refractivity contribution in [3.63, 3.8) is 0 Å². The van der Waals surface area contributed by atoms with E-state index in [0.29, 0.717) is 11.4 Å². The molecular weight excluding hydrogens is 284 g/mol. The van der Waals surface area contributed by atoms with Gasteiger partial charge in [0, 0.05) is 16.0 Å². The average molecular weight is 300 g/mol. The summed E-state index contributed by atoms with van der Waals surface area (Å²) in [6.45, 7) is 5.44. The Kier molecular flexibility index (Phi) is 4.43. The maximum absolute atomic E-state index is 12.6. The standard InChI is InChI=1S/C14H16N6O2/c1-14(2,3)12(21)13(20-9-16-8-17-20)22-11-6-4-10(5-7-11)18-19-15/h4-9,13H,1-3H3. The molecule has 1 aromatic carbocycles. The van der Waals surface area contributed by atoms with Crippen LogP contribution >= 0.6 is 0 Å². The van der Waals surface area contributed by atoms with Crippen molar-refractivity contribution in [2.24, 2.45) is 10.5 Å². The van der Waals surface area contributed by atoms with Crippen LogP contribution in [0, 0.1) is 5.41 Å². The molecule has 0 N–H and O–H groups in total. The monoisotopic (exact) mass is 300 g/mol. The zero-order valence-electron chi connectivity index (χ0n) is 12.5. The highest BCUT2D eigenvalue weighted by molar-refractivity contribution is 5.86. The normalized spacial score (nSPS) is 12.3. The molecule has 0 aliphatic rings. The van der Waals surface area contributed by atoms with Crippen molar-refractivity contribution in [1.82, 2.24) is 14.8 Å². The Labute approximate surface area is 127 Å². The molecule has 1 heterocycles. The van der Waals surface area contributed by atoms with Gasteiger partial charge in [0.25, 0.3) is 6.23 Å². The summed E-state index contributed by atoms with van der Waals surface area (Å²) < 4.78 is 7.13. The first-order chi connectivity index (χ1) is 10.4. The van der Waals surface area contributed by atoms with E-state index in [0.717, 1.165) is 0 Å². The smallest absolute Gasteiger partial charge is 0.252 e. The number of azide groups is 1. The Bertz CT molecular complexity index is 681. The minimum atomic E-state index is -0.909. The molecule has 1 aromatic heterocycles. The topological polar surface area (TPSA) is 106 Å². The third kappa shape index (κ3) is 3.62. The van der Waals surface area contributed by atoms with E-state index in [1.807, 2.05) is 20.8 Å². The van der Waals surface area contributed by atoms with E-state index in [1.54, 1.807) is 24.3 Å². The van der Waals surface area contributed by atoms with E-state index in [1.165, 1.54) is 17.3 Å². The molecule has 8 heteroatoms. The molecule has 114 valence electrons. The van der Waals surface area contributed by atoms with Crippen molar-refractivity contribution >= 4 is 11.5 Å². The van der Waals surface area contributed by atoms with Gasteiger partial charge in [0.15, 0.2) is 0 Å². The summed E-state index contributed by atoms with van der Waals surface area (Å²) in [7, 11) is 0. The number of nitrogens with zero attached hydrogens (tertiary/aromatic N) is 6. The van der Waals surface area contributed by atoms with E-state index < -0.39 is 11.6 Å². The Hall–Kier alpha value is -2.86. The van der Waals surface area contributed by atoms with Gasteiger partial charge in [-0.2, -0.15) is 5.10 Å². The predicted octanol–water partition coefficient (Wildman–Crippen LogP) is 3.41.